The molecule has 0 amide bonds. The van der Waals surface area contributed by atoms with E-state index < -0.39 is 0 Å². The summed E-state index contributed by atoms with van der Waals surface area (Å²) in [6, 6.07) is 4.89. The Balaban J connectivity index is 1.82. The molecule has 2 heterocycles. The predicted octanol–water partition coefficient (Wildman–Crippen LogP) is 1.99. The second-order valence-corrected chi connectivity index (χ2v) is 8.34. The Morgan fingerprint density at radius 1 is 1.21 bits per heavy atom. The minimum atomic E-state index is 0.543. The molecule has 1 aliphatic rings. The number of likely N-dealkylation sites (N-methyl/N-ethyl adjacent to an activating group) is 1. The molecule has 0 aromatic carbocycles. The van der Waals surface area contributed by atoms with Crippen molar-refractivity contribution in [2.45, 2.75) is 33.4 Å². The Kier molecular flexibility index (Phi) is 7.52. The maximum Gasteiger partial charge on any atom is 0.191 e. The summed E-state index contributed by atoms with van der Waals surface area (Å²) in [6.45, 7) is 13.2. The summed E-state index contributed by atoms with van der Waals surface area (Å²) in [5, 5.41) is 6.95. The molecule has 1 atom stereocenters. The van der Waals surface area contributed by atoms with Gasteiger partial charge in [0, 0.05) is 55.6 Å². The number of hydrogen-bond donors (Lipinski definition) is 2. The molecule has 0 bridgehead atoms. The highest BCUT2D eigenvalue weighted by atomic mass is 32.1. The number of nitrogens with one attached hydrogen (secondary N) is 2. The summed E-state index contributed by atoms with van der Waals surface area (Å²) in [7, 11) is 4.05. The molecule has 0 spiro atoms. The molecule has 1 aromatic rings. The number of aryl methyl sites for hydroxylation is 1. The van der Waals surface area contributed by atoms with Gasteiger partial charge in [-0.3, -0.25) is 9.89 Å². The van der Waals surface area contributed by atoms with Crippen molar-refractivity contribution in [1.82, 2.24) is 20.4 Å². The van der Waals surface area contributed by atoms with Crippen molar-refractivity contribution in [3.63, 3.8) is 0 Å². The lowest BCUT2D eigenvalue weighted by molar-refractivity contribution is 0.0900. The highest BCUT2D eigenvalue weighted by Gasteiger charge is 2.24. The number of aliphatic imine (C=N–C) groups is 1. The van der Waals surface area contributed by atoms with E-state index in [0.717, 1.165) is 45.2 Å². The van der Waals surface area contributed by atoms with Gasteiger partial charge in [-0.25, -0.2) is 0 Å². The number of hydrogen-bond acceptors (Lipinski definition) is 4. The predicted molar refractivity (Wildman–Crippen MR) is 105 cm³/mol. The zero-order chi connectivity index (χ0) is 17.5. The molecule has 1 aliphatic heterocycles. The van der Waals surface area contributed by atoms with Gasteiger partial charge in [-0.2, -0.15) is 0 Å². The summed E-state index contributed by atoms with van der Waals surface area (Å²) >= 11 is 1.83. The fourth-order valence-corrected chi connectivity index (χ4v) is 3.94. The van der Waals surface area contributed by atoms with Crippen LogP contribution >= 0.6 is 11.3 Å². The van der Waals surface area contributed by atoms with Crippen LogP contribution in [0, 0.1) is 12.8 Å². The van der Waals surface area contributed by atoms with Gasteiger partial charge in [0.25, 0.3) is 0 Å². The Morgan fingerprint density at radius 2 is 1.92 bits per heavy atom. The summed E-state index contributed by atoms with van der Waals surface area (Å²) < 4.78 is 0. The van der Waals surface area contributed by atoms with Gasteiger partial charge in [-0.1, -0.05) is 13.8 Å². The van der Waals surface area contributed by atoms with E-state index in [1.807, 2.05) is 18.4 Å². The van der Waals surface area contributed by atoms with Crippen LogP contribution in [0.4, 0.5) is 0 Å². The van der Waals surface area contributed by atoms with Crippen LogP contribution in [0.5, 0.6) is 0 Å². The minimum Gasteiger partial charge on any atom is -0.355 e. The first-order valence-corrected chi connectivity index (χ1v) is 9.73. The van der Waals surface area contributed by atoms with Crippen LogP contribution in [0.1, 0.15) is 23.6 Å². The van der Waals surface area contributed by atoms with Crippen LogP contribution < -0.4 is 10.6 Å². The van der Waals surface area contributed by atoms with Crippen molar-refractivity contribution in [3.8, 4) is 0 Å². The average molecular weight is 352 g/mol. The quantitative estimate of drug-likeness (QED) is 0.608. The Morgan fingerprint density at radius 3 is 2.46 bits per heavy atom. The van der Waals surface area contributed by atoms with Crippen LogP contribution in [0.3, 0.4) is 0 Å². The summed E-state index contributed by atoms with van der Waals surface area (Å²) in [6.07, 6.45) is 0. The van der Waals surface area contributed by atoms with Crippen LogP contribution in [-0.2, 0) is 6.54 Å². The molecule has 2 rings (SSSR count). The van der Waals surface area contributed by atoms with Crippen molar-refractivity contribution in [3.05, 3.63) is 21.9 Å². The molecule has 6 heteroatoms. The fraction of sp³-hybridized carbons (Fsp3) is 0.722. The average Bonchev–Trinajstić information content (AvgIpc) is 2.97. The number of guanidine groups is 1. The molecule has 1 unspecified atom stereocenters. The van der Waals surface area contributed by atoms with Gasteiger partial charge in [0.2, 0.25) is 0 Å². The molecule has 0 aliphatic carbocycles. The van der Waals surface area contributed by atoms with E-state index in [1.54, 1.807) is 0 Å². The van der Waals surface area contributed by atoms with Gasteiger partial charge in [-0.15, -0.1) is 11.3 Å². The van der Waals surface area contributed by atoms with Gasteiger partial charge in [0.05, 0.1) is 6.54 Å². The highest BCUT2D eigenvalue weighted by Crippen LogP contribution is 2.15. The lowest BCUT2D eigenvalue weighted by atomic mass is 10.0. The topological polar surface area (TPSA) is 42.9 Å². The first-order valence-electron chi connectivity index (χ1n) is 8.92. The van der Waals surface area contributed by atoms with Gasteiger partial charge < -0.3 is 15.5 Å². The minimum absolute atomic E-state index is 0.543. The Hall–Kier alpha value is -1.11. The monoisotopic (exact) mass is 351 g/mol. The molecule has 136 valence electrons. The lowest BCUT2D eigenvalue weighted by Crippen LogP contribution is -2.55. The summed E-state index contributed by atoms with van der Waals surface area (Å²) in [4.78, 5) is 12.1. The standard InChI is InChI=1S/C18H33N5S/c1-14(2)17(23-10-8-22(5)9-11-23)13-21-18(19-4)20-12-16-7-6-15(3)24-16/h6-7,14,17H,8-13H2,1-5H3,(H2,19,20,21). The molecular weight excluding hydrogens is 318 g/mol. The van der Waals surface area contributed by atoms with Crippen molar-refractivity contribution in [2.24, 2.45) is 10.9 Å². The van der Waals surface area contributed by atoms with Crippen molar-refractivity contribution >= 4 is 17.3 Å². The zero-order valence-corrected chi connectivity index (χ0v) is 16.6. The second-order valence-electron chi connectivity index (χ2n) is 6.97. The van der Waals surface area contributed by atoms with Crippen LogP contribution in [0.15, 0.2) is 17.1 Å². The third kappa shape index (κ3) is 5.76. The number of piperazine rings is 1. The third-order valence-corrected chi connectivity index (χ3v) is 5.71. The second kappa shape index (κ2) is 9.39. The number of thiophene rings is 1. The largest absolute Gasteiger partial charge is 0.355 e. The van der Waals surface area contributed by atoms with E-state index in [-0.39, 0.29) is 0 Å². The number of nitrogens with zero attached hydrogens (tertiary/aromatic N) is 3. The third-order valence-electron chi connectivity index (χ3n) is 4.70. The van der Waals surface area contributed by atoms with E-state index in [9.17, 15) is 0 Å². The molecule has 1 aromatic heterocycles. The van der Waals surface area contributed by atoms with Gasteiger partial charge in [-0.05, 0) is 32.0 Å². The van der Waals surface area contributed by atoms with Crippen LogP contribution in [0.2, 0.25) is 0 Å². The van der Waals surface area contributed by atoms with E-state index in [2.05, 4.69) is 65.4 Å². The van der Waals surface area contributed by atoms with Crippen molar-refractivity contribution < 1.29 is 0 Å². The zero-order valence-electron chi connectivity index (χ0n) is 15.8. The normalized spacial score (nSPS) is 18.8. The maximum atomic E-state index is 4.37. The van der Waals surface area contributed by atoms with E-state index in [0.29, 0.717) is 12.0 Å². The molecule has 1 fully saturated rings. The van der Waals surface area contributed by atoms with Crippen LogP contribution in [0.25, 0.3) is 0 Å². The van der Waals surface area contributed by atoms with Gasteiger partial charge >= 0.3 is 0 Å². The van der Waals surface area contributed by atoms with Crippen molar-refractivity contribution in [2.75, 3.05) is 46.8 Å². The van der Waals surface area contributed by atoms with E-state index in [4.69, 9.17) is 0 Å². The van der Waals surface area contributed by atoms with Crippen LogP contribution in [-0.4, -0.2) is 68.6 Å². The van der Waals surface area contributed by atoms with Crippen molar-refractivity contribution in [1.29, 1.82) is 0 Å². The van der Waals surface area contributed by atoms with Gasteiger partial charge in [0.15, 0.2) is 5.96 Å². The smallest absolute Gasteiger partial charge is 0.191 e. The first kappa shape index (κ1) is 19.2. The van der Waals surface area contributed by atoms with E-state index >= 15 is 0 Å². The summed E-state index contributed by atoms with van der Waals surface area (Å²) in [5.41, 5.74) is 0. The first-order chi connectivity index (χ1) is 11.5. The maximum absolute atomic E-state index is 4.37. The molecule has 24 heavy (non-hydrogen) atoms. The lowest BCUT2D eigenvalue weighted by Gasteiger charge is -2.40. The molecular formula is C18H33N5S. The van der Waals surface area contributed by atoms with Gasteiger partial charge in [0.1, 0.15) is 0 Å². The fourth-order valence-electron chi connectivity index (χ4n) is 3.11. The summed E-state index contributed by atoms with van der Waals surface area (Å²) in [5.74, 6) is 1.51. The molecule has 1 saturated heterocycles. The highest BCUT2D eigenvalue weighted by molar-refractivity contribution is 7.11. The molecule has 0 radical (unpaired) electrons. The Labute approximate surface area is 151 Å². The number of rotatable bonds is 6. The molecule has 0 saturated carbocycles. The molecule has 5 nitrogen and oxygen atoms in total. The Bertz CT molecular complexity index is 517. The van der Waals surface area contributed by atoms with E-state index in [1.165, 1.54) is 9.75 Å². The molecule has 2 N–H and O–H groups in total. The SMILES string of the molecule is CN=C(NCc1ccc(C)s1)NCC(C(C)C)N1CCN(C)CC1.